The van der Waals surface area contributed by atoms with E-state index in [1.54, 1.807) is 0 Å². The lowest BCUT2D eigenvalue weighted by atomic mass is 9.93. The maximum absolute atomic E-state index is 6.08. The molecule has 2 aromatic carbocycles. The van der Waals surface area contributed by atoms with Crippen LogP contribution in [0.5, 0.6) is 5.75 Å². The maximum Gasteiger partial charge on any atom is 0.226 e. The van der Waals surface area contributed by atoms with Crippen molar-refractivity contribution < 1.29 is 9.15 Å². The van der Waals surface area contributed by atoms with Crippen molar-refractivity contribution in [3.05, 3.63) is 77.2 Å². The highest BCUT2D eigenvalue weighted by molar-refractivity contribution is 9.09. The molecule has 0 N–H and O–H groups in total. The van der Waals surface area contributed by atoms with E-state index in [1.807, 2.05) is 43.3 Å². The van der Waals surface area contributed by atoms with Gasteiger partial charge in [0.1, 0.15) is 11.5 Å². The number of halogens is 1. The Morgan fingerprint density at radius 3 is 2.73 bits per heavy atom. The number of ether oxygens (including phenoxy) is 1. The molecule has 0 aliphatic carbocycles. The molecule has 154 valence electrons. The zero-order chi connectivity index (χ0) is 20.9. The van der Waals surface area contributed by atoms with Gasteiger partial charge in [0.25, 0.3) is 0 Å². The van der Waals surface area contributed by atoms with Gasteiger partial charge in [-0.3, -0.25) is 0 Å². The van der Waals surface area contributed by atoms with Gasteiger partial charge in [0.2, 0.25) is 5.89 Å². The molecule has 0 amide bonds. The average molecular weight is 465 g/mol. The quantitative estimate of drug-likeness (QED) is 0.376. The van der Waals surface area contributed by atoms with E-state index < -0.39 is 0 Å². The number of rotatable bonds is 7. The van der Waals surface area contributed by atoms with Crippen LogP contribution in [0.4, 0.5) is 0 Å². The zero-order valence-corrected chi connectivity index (χ0v) is 19.1. The fourth-order valence-corrected chi connectivity index (χ4v) is 4.40. The SMILES string of the molecule is BN1CCC(CBr)=C(c2cccc(OCCc3nc(-c4ccccc4)oc3C)c2)C1. The number of hydrogen-bond acceptors (Lipinski definition) is 4. The third-order valence-electron chi connectivity index (χ3n) is 5.51. The first-order valence-corrected chi connectivity index (χ1v) is 11.5. The molecule has 2 heterocycles. The van der Waals surface area contributed by atoms with E-state index in [0.717, 1.165) is 47.6 Å². The molecule has 1 aliphatic rings. The molecule has 4 rings (SSSR count). The summed E-state index contributed by atoms with van der Waals surface area (Å²) >= 11 is 3.66. The Morgan fingerprint density at radius 2 is 1.93 bits per heavy atom. The highest BCUT2D eigenvalue weighted by atomic mass is 79.9. The van der Waals surface area contributed by atoms with E-state index >= 15 is 0 Å². The summed E-state index contributed by atoms with van der Waals surface area (Å²) in [4.78, 5) is 7.03. The zero-order valence-electron chi connectivity index (χ0n) is 17.5. The molecule has 0 unspecified atom stereocenters. The van der Waals surface area contributed by atoms with Crippen LogP contribution in [0.1, 0.15) is 23.4 Å². The van der Waals surface area contributed by atoms with Crippen LogP contribution >= 0.6 is 15.9 Å². The van der Waals surface area contributed by atoms with Gasteiger partial charge in [-0.05, 0) is 55.3 Å². The highest BCUT2D eigenvalue weighted by Gasteiger charge is 2.17. The predicted octanol–water partition coefficient (Wildman–Crippen LogP) is 4.67. The van der Waals surface area contributed by atoms with Gasteiger partial charge < -0.3 is 14.0 Å². The first-order chi connectivity index (χ1) is 14.6. The Labute approximate surface area is 187 Å². The number of hydrogen-bond donors (Lipinski definition) is 0. The van der Waals surface area contributed by atoms with E-state index in [0.29, 0.717) is 18.9 Å². The van der Waals surface area contributed by atoms with Crippen molar-refractivity contribution in [2.75, 3.05) is 25.0 Å². The van der Waals surface area contributed by atoms with Crippen LogP contribution in [0.3, 0.4) is 0 Å². The van der Waals surface area contributed by atoms with Crippen LogP contribution in [0.2, 0.25) is 0 Å². The van der Waals surface area contributed by atoms with Crippen LogP contribution in [-0.4, -0.2) is 42.8 Å². The lowest BCUT2D eigenvalue weighted by molar-refractivity contribution is 0.320. The second kappa shape index (κ2) is 9.67. The minimum atomic E-state index is 0.565. The van der Waals surface area contributed by atoms with Gasteiger partial charge in [-0.15, -0.1) is 0 Å². The highest BCUT2D eigenvalue weighted by Crippen LogP contribution is 2.29. The Hall–Kier alpha value is -2.31. The minimum Gasteiger partial charge on any atom is -0.493 e. The molecule has 0 radical (unpaired) electrons. The molecule has 1 aliphatic heterocycles. The summed E-state index contributed by atoms with van der Waals surface area (Å²) in [6.07, 6.45) is 1.82. The van der Waals surface area contributed by atoms with Crippen molar-refractivity contribution in [1.29, 1.82) is 0 Å². The number of aryl methyl sites for hydroxylation is 1. The maximum atomic E-state index is 6.08. The lowest BCUT2D eigenvalue weighted by Gasteiger charge is -2.28. The normalized spacial score (nSPS) is 14.9. The van der Waals surface area contributed by atoms with Crippen LogP contribution in [0, 0.1) is 6.92 Å². The summed E-state index contributed by atoms with van der Waals surface area (Å²) in [5.74, 6) is 2.41. The van der Waals surface area contributed by atoms with Crippen molar-refractivity contribution in [1.82, 2.24) is 9.79 Å². The molecule has 0 spiro atoms. The predicted molar refractivity (Wildman–Crippen MR) is 128 cm³/mol. The van der Waals surface area contributed by atoms with Crippen LogP contribution in [0.25, 0.3) is 17.0 Å². The molecule has 3 aromatic rings. The Kier molecular flexibility index (Phi) is 6.75. The third-order valence-corrected chi connectivity index (χ3v) is 6.19. The lowest BCUT2D eigenvalue weighted by Crippen LogP contribution is -2.29. The summed E-state index contributed by atoms with van der Waals surface area (Å²) in [6.45, 7) is 4.62. The summed E-state index contributed by atoms with van der Waals surface area (Å²) in [5, 5.41) is 0.927. The monoisotopic (exact) mass is 464 g/mol. The molecule has 0 fully saturated rings. The summed E-state index contributed by atoms with van der Waals surface area (Å²) in [7, 11) is 2.18. The van der Waals surface area contributed by atoms with Crippen LogP contribution < -0.4 is 4.74 Å². The number of nitrogens with zero attached hydrogens (tertiary/aromatic N) is 2. The van der Waals surface area contributed by atoms with E-state index in [1.165, 1.54) is 16.7 Å². The van der Waals surface area contributed by atoms with Crippen LogP contribution in [0.15, 0.2) is 64.6 Å². The molecular formula is C24H26BBrN2O2. The largest absolute Gasteiger partial charge is 0.493 e. The molecule has 30 heavy (non-hydrogen) atoms. The van der Waals surface area contributed by atoms with Crippen molar-refractivity contribution in [3.63, 3.8) is 0 Å². The fraction of sp³-hybridized carbons (Fsp3) is 0.292. The Morgan fingerprint density at radius 1 is 1.13 bits per heavy atom. The number of benzene rings is 2. The molecule has 4 nitrogen and oxygen atoms in total. The Balaban J connectivity index is 1.42. The van der Waals surface area contributed by atoms with E-state index in [2.05, 4.69) is 51.9 Å². The second-order valence-electron chi connectivity index (χ2n) is 7.72. The van der Waals surface area contributed by atoms with Crippen molar-refractivity contribution >= 4 is 29.5 Å². The molecule has 0 bridgehead atoms. The summed E-state index contributed by atoms with van der Waals surface area (Å²) < 4.78 is 11.9. The van der Waals surface area contributed by atoms with Crippen molar-refractivity contribution in [3.8, 4) is 17.2 Å². The number of oxazole rings is 1. The van der Waals surface area contributed by atoms with Gasteiger partial charge in [0, 0.05) is 23.9 Å². The topological polar surface area (TPSA) is 38.5 Å². The first kappa shape index (κ1) is 20.9. The fourth-order valence-electron chi connectivity index (χ4n) is 3.78. The van der Waals surface area contributed by atoms with E-state index in [-0.39, 0.29) is 0 Å². The van der Waals surface area contributed by atoms with Gasteiger partial charge in [-0.1, -0.05) is 51.8 Å². The Bertz CT molecular complexity index is 1030. The summed E-state index contributed by atoms with van der Waals surface area (Å²) in [5.41, 5.74) is 6.08. The second-order valence-corrected chi connectivity index (χ2v) is 8.28. The minimum absolute atomic E-state index is 0.565. The average Bonchev–Trinajstić information content (AvgIpc) is 3.15. The molecule has 6 heteroatoms. The van der Waals surface area contributed by atoms with Gasteiger partial charge >= 0.3 is 0 Å². The van der Waals surface area contributed by atoms with E-state index in [4.69, 9.17) is 9.15 Å². The molecule has 1 aromatic heterocycles. The van der Waals surface area contributed by atoms with Gasteiger partial charge in [-0.2, -0.15) is 0 Å². The molecule has 0 saturated heterocycles. The van der Waals surface area contributed by atoms with E-state index in [9.17, 15) is 0 Å². The number of aromatic nitrogens is 1. The van der Waals surface area contributed by atoms with Crippen LogP contribution in [-0.2, 0) is 6.42 Å². The smallest absolute Gasteiger partial charge is 0.226 e. The van der Waals surface area contributed by atoms with Crippen molar-refractivity contribution in [2.24, 2.45) is 0 Å². The molecule has 0 atom stereocenters. The molecule has 0 saturated carbocycles. The molecular weight excluding hydrogens is 439 g/mol. The van der Waals surface area contributed by atoms with Gasteiger partial charge in [0.15, 0.2) is 7.98 Å². The van der Waals surface area contributed by atoms with Gasteiger partial charge in [0.05, 0.1) is 12.3 Å². The third kappa shape index (κ3) is 4.88. The van der Waals surface area contributed by atoms with Gasteiger partial charge in [-0.25, -0.2) is 4.98 Å². The van der Waals surface area contributed by atoms with Crippen molar-refractivity contribution in [2.45, 2.75) is 19.8 Å². The number of alkyl halides is 1. The first-order valence-electron chi connectivity index (χ1n) is 10.3. The summed E-state index contributed by atoms with van der Waals surface area (Å²) in [6, 6.07) is 18.4. The standard InChI is InChI=1S/C24H26BBrN2O2/c1-17-23(27-24(30-17)18-6-3-2-4-7-18)11-13-29-21-9-5-8-19(14-21)22-16-28(25)12-10-20(22)15-26/h2-9,14H,10-13,15-16,25H2,1H3.